The molecule has 0 radical (unpaired) electrons. The van der Waals surface area contributed by atoms with Crippen LogP contribution in [0.2, 0.25) is 0 Å². The molecule has 0 aromatic carbocycles. The third-order valence-corrected chi connectivity index (χ3v) is 2.46. The molecule has 0 aliphatic carbocycles. The summed E-state index contributed by atoms with van der Waals surface area (Å²) in [4.78, 5) is 11.4. The number of carbonyl (C=O) groups excluding carboxylic acids is 1. The molecule has 1 aromatic heterocycles. The molecule has 2 heteroatoms. The topological polar surface area (TPSA) is 22.0 Å². The molecule has 2 heterocycles. The van der Waals surface area contributed by atoms with Crippen LogP contribution < -0.4 is 0 Å². The van der Waals surface area contributed by atoms with Crippen molar-refractivity contribution in [2.45, 2.75) is 32.6 Å². The third-order valence-electron chi connectivity index (χ3n) is 2.46. The van der Waals surface area contributed by atoms with Crippen LogP contribution >= 0.6 is 0 Å². The van der Waals surface area contributed by atoms with E-state index in [1.807, 2.05) is 10.8 Å². The Hall–Kier alpha value is -1.05. The van der Waals surface area contributed by atoms with E-state index in [0.717, 1.165) is 19.3 Å². The normalized spacial score (nSPS) is 16.2. The molecule has 0 N–H and O–H groups in total. The quantitative estimate of drug-likeness (QED) is 0.621. The SMILES string of the molecule is CCc1cc2n(c1)C(=O)CCC2. The number of aromatic nitrogens is 1. The zero-order valence-electron chi connectivity index (χ0n) is 7.34. The van der Waals surface area contributed by atoms with Crippen LogP contribution in [0.15, 0.2) is 12.3 Å². The van der Waals surface area contributed by atoms with Crippen LogP contribution in [0.25, 0.3) is 0 Å². The van der Waals surface area contributed by atoms with Gasteiger partial charge in [0.05, 0.1) is 0 Å². The molecule has 1 aliphatic heterocycles. The Morgan fingerprint density at radius 1 is 1.50 bits per heavy atom. The molecule has 2 rings (SSSR count). The van der Waals surface area contributed by atoms with Gasteiger partial charge in [-0.05, 0) is 30.9 Å². The fourth-order valence-electron chi connectivity index (χ4n) is 1.73. The molecule has 0 spiro atoms. The van der Waals surface area contributed by atoms with Crippen molar-refractivity contribution >= 4 is 5.91 Å². The van der Waals surface area contributed by atoms with Gasteiger partial charge in [0.1, 0.15) is 0 Å². The molecule has 0 saturated carbocycles. The summed E-state index contributed by atoms with van der Waals surface area (Å²) in [5.74, 6) is 0.260. The molecular weight excluding hydrogens is 150 g/mol. The van der Waals surface area contributed by atoms with Crippen molar-refractivity contribution in [3.05, 3.63) is 23.5 Å². The van der Waals surface area contributed by atoms with Crippen molar-refractivity contribution in [3.63, 3.8) is 0 Å². The van der Waals surface area contributed by atoms with Gasteiger partial charge in [-0.2, -0.15) is 0 Å². The lowest BCUT2D eigenvalue weighted by Gasteiger charge is -2.12. The summed E-state index contributed by atoms with van der Waals surface area (Å²) in [6.45, 7) is 2.12. The Labute approximate surface area is 72.2 Å². The second-order valence-electron chi connectivity index (χ2n) is 3.31. The van der Waals surface area contributed by atoms with Crippen molar-refractivity contribution in [1.29, 1.82) is 0 Å². The van der Waals surface area contributed by atoms with Crippen LogP contribution in [0.4, 0.5) is 0 Å². The molecule has 2 nitrogen and oxygen atoms in total. The summed E-state index contributed by atoms with van der Waals surface area (Å²) in [6, 6.07) is 2.15. The van der Waals surface area contributed by atoms with Crippen LogP contribution in [0, 0.1) is 0 Å². The third kappa shape index (κ3) is 1.07. The first-order valence-corrected chi connectivity index (χ1v) is 4.54. The maximum absolute atomic E-state index is 11.4. The number of fused-ring (bicyclic) bond motifs is 1. The van der Waals surface area contributed by atoms with Gasteiger partial charge in [0.15, 0.2) is 0 Å². The molecule has 0 bridgehead atoms. The number of rotatable bonds is 1. The van der Waals surface area contributed by atoms with E-state index in [4.69, 9.17) is 0 Å². The van der Waals surface area contributed by atoms with Gasteiger partial charge in [0.2, 0.25) is 5.91 Å². The van der Waals surface area contributed by atoms with Gasteiger partial charge in [-0.25, -0.2) is 0 Å². The average molecular weight is 163 g/mol. The van der Waals surface area contributed by atoms with E-state index >= 15 is 0 Å². The lowest BCUT2D eigenvalue weighted by atomic mass is 10.1. The van der Waals surface area contributed by atoms with E-state index in [2.05, 4.69) is 13.0 Å². The molecule has 1 aromatic rings. The molecule has 0 amide bonds. The molecule has 0 unspecified atom stereocenters. The molecule has 12 heavy (non-hydrogen) atoms. The molecule has 0 saturated heterocycles. The smallest absolute Gasteiger partial charge is 0.230 e. The predicted octanol–water partition coefficient (Wildman–Crippen LogP) is 2.03. The van der Waals surface area contributed by atoms with Gasteiger partial charge in [-0.1, -0.05) is 6.92 Å². The minimum absolute atomic E-state index is 0.260. The monoisotopic (exact) mass is 163 g/mol. The van der Waals surface area contributed by atoms with E-state index < -0.39 is 0 Å². The number of nitrogens with zero attached hydrogens (tertiary/aromatic N) is 1. The van der Waals surface area contributed by atoms with Crippen LogP contribution in [0.3, 0.4) is 0 Å². The fourth-order valence-corrected chi connectivity index (χ4v) is 1.73. The van der Waals surface area contributed by atoms with Crippen molar-refractivity contribution in [1.82, 2.24) is 4.57 Å². The second-order valence-corrected chi connectivity index (χ2v) is 3.31. The summed E-state index contributed by atoms with van der Waals surface area (Å²) >= 11 is 0. The lowest BCUT2D eigenvalue weighted by molar-refractivity contribution is 0.0884. The predicted molar refractivity (Wildman–Crippen MR) is 47.4 cm³/mol. The van der Waals surface area contributed by atoms with Gasteiger partial charge in [0.25, 0.3) is 0 Å². The first-order valence-electron chi connectivity index (χ1n) is 4.54. The number of aryl methyl sites for hydroxylation is 2. The summed E-state index contributed by atoms with van der Waals surface area (Å²) in [5.41, 5.74) is 2.48. The van der Waals surface area contributed by atoms with Gasteiger partial charge >= 0.3 is 0 Å². The van der Waals surface area contributed by atoms with Gasteiger partial charge < -0.3 is 0 Å². The maximum atomic E-state index is 11.4. The van der Waals surface area contributed by atoms with Crippen molar-refractivity contribution < 1.29 is 4.79 Å². The fraction of sp³-hybridized carbons (Fsp3) is 0.500. The summed E-state index contributed by atoms with van der Waals surface area (Å²) in [7, 11) is 0. The largest absolute Gasteiger partial charge is 0.291 e. The molecular formula is C10H13NO. The van der Waals surface area contributed by atoms with Crippen LogP contribution in [-0.4, -0.2) is 10.5 Å². The van der Waals surface area contributed by atoms with Crippen LogP contribution in [0.5, 0.6) is 0 Å². The lowest BCUT2D eigenvalue weighted by Crippen LogP contribution is -2.17. The highest BCUT2D eigenvalue weighted by molar-refractivity contribution is 5.81. The summed E-state index contributed by atoms with van der Waals surface area (Å²) in [6.07, 6.45) is 5.80. The summed E-state index contributed by atoms with van der Waals surface area (Å²) in [5, 5.41) is 0. The van der Waals surface area contributed by atoms with Crippen LogP contribution in [-0.2, 0) is 12.8 Å². The van der Waals surface area contributed by atoms with Gasteiger partial charge in [-0.15, -0.1) is 0 Å². The Balaban J connectivity index is 2.43. The first-order chi connectivity index (χ1) is 5.81. The number of hydrogen-bond acceptors (Lipinski definition) is 1. The summed E-state index contributed by atoms with van der Waals surface area (Å²) < 4.78 is 1.82. The highest BCUT2D eigenvalue weighted by atomic mass is 16.2. The molecule has 1 aliphatic rings. The van der Waals surface area contributed by atoms with Crippen molar-refractivity contribution in [2.75, 3.05) is 0 Å². The minimum Gasteiger partial charge on any atom is -0.291 e. The second kappa shape index (κ2) is 2.77. The maximum Gasteiger partial charge on any atom is 0.230 e. The van der Waals surface area contributed by atoms with Crippen LogP contribution in [0.1, 0.15) is 35.8 Å². The van der Waals surface area contributed by atoms with Crippen molar-refractivity contribution in [2.24, 2.45) is 0 Å². The molecule has 0 fully saturated rings. The highest BCUT2D eigenvalue weighted by Crippen LogP contribution is 2.17. The Morgan fingerprint density at radius 3 is 3.00 bits per heavy atom. The minimum atomic E-state index is 0.260. The Bertz CT molecular complexity index is 312. The molecule has 64 valence electrons. The highest BCUT2D eigenvalue weighted by Gasteiger charge is 2.16. The Morgan fingerprint density at radius 2 is 2.33 bits per heavy atom. The standard InChI is InChI=1S/C10H13NO/c1-2-8-6-9-4-3-5-10(12)11(9)7-8/h6-7H,2-5H2,1H3. The Kier molecular flexibility index (Phi) is 1.75. The van der Waals surface area contributed by atoms with E-state index in [-0.39, 0.29) is 5.91 Å². The van der Waals surface area contributed by atoms with E-state index in [1.165, 1.54) is 11.3 Å². The number of carbonyl (C=O) groups is 1. The average Bonchev–Trinajstić information content (AvgIpc) is 2.49. The molecule has 0 atom stereocenters. The zero-order valence-corrected chi connectivity index (χ0v) is 7.34. The number of hydrogen-bond donors (Lipinski definition) is 0. The van der Waals surface area contributed by atoms with E-state index in [1.54, 1.807) is 0 Å². The zero-order chi connectivity index (χ0) is 8.55. The van der Waals surface area contributed by atoms with E-state index in [0.29, 0.717) is 6.42 Å². The van der Waals surface area contributed by atoms with Gasteiger partial charge in [0, 0.05) is 18.3 Å². The first kappa shape index (κ1) is 7.59. The van der Waals surface area contributed by atoms with E-state index in [9.17, 15) is 4.79 Å². The van der Waals surface area contributed by atoms with Crippen molar-refractivity contribution in [3.8, 4) is 0 Å². The van der Waals surface area contributed by atoms with Gasteiger partial charge in [-0.3, -0.25) is 9.36 Å².